The van der Waals surface area contributed by atoms with E-state index in [4.69, 9.17) is 4.74 Å². The number of nitriles is 1. The molecule has 0 spiro atoms. The molecule has 0 atom stereocenters. The third kappa shape index (κ3) is 3.44. The van der Waals surface area contributed by atoms with E-state index < -0.39 is 0 Å². The number of hydrogen-bond donors (Lipinski definition) is 0. The fourth-order valence-corrected chi connectivity index (χ4v) is 2.58. The molecule has 24 heavy (non-hydrogen) atoms. The predicted octanol–water partition coefficient (Wildman–Crippen LogP) is 3.51. The number of nitrogens with zero attached hydrogens (tertiary/aromatic N) is 4. The number of benzene rings is 2. The first-order chi connectivity index (χ1) is 11.7. The van der Waals surface area contributed by atoms with Gasteiger partial charge in [0.2, 0.25) is 0 Å². The minimum atomic E-state index is 0.330. The number of rotatable bonds is 5. The smallest absolute Gasteiger partial charge is 0.190 e. The summed E-state index contributed by atoms with van der Waals surface area (Å²) in [6, 6.07) is 18.0. The summed E-state index contributed by atoms with van der Waals surface area (Å²) in [4.78, 5) is 0. The molecular weight excluding hydrogens is 300 g/mol. The van der Waals surface area contributed by atoms with Crippen molar-refractivity contribution in [2.24, 2.45) is 0 Å². The second-order valence-corrected chi connectivity index (χ2v) is 5.66. The van der Waals surface area contributed by atoms with Gasteiger partial charge in [0.25, 0.3) is 0 Å². The molecule has 5 nitrogen and oxygen atoms in total. The third-order valence-corrected chi connectivity index (χ3v) is 3.69. The van der Waals surface area contributed by atoms with Crippen LogP contribution in [0.25, 0.3) is 11.3 Å². The van der Waals surface area contributed by atoms with Gasteiger partial charge in [0, 0.05) is 5.56 Å². The van der Waals surface area contributed by atoms with E-state index in [2.05, 4.69) is 16.4 Å². The monoisotopic (exact) mass is 318 g/mol. The Morgan fingerprint density at radius 3 is 2.54 bits per heavy atom. The molecule has 1 heterocycles. The van der Waals surface area contributed by atoms with Crippen molar-refractivity contribution in [3.63, 3.8) is 0 Å². The third-order valence-electron chi connectivity index (χ3n) is 3.69. The number of aromatic nitrogens is 3. The zero-order chi connectivity index (χ0) is 16.9. The Labute approximate surface area is 141 Å². The molecule has 0 N–H and O–H groups in total. The van der Waals surface area contributed by atoms with Crippen molar-refractivity contribution < 1.29 is 4.74 Å². The lowest BCUT2D eigenvalue weighted by Gasteiger charge is -2.09. The molecule has 0 bridgehead atoms. The molecule has 5 heteroatoms. The summed E-state index contributed by atoms with van der Waals surface area (Å²) < 4.78 is 7.50. The SMILES string of the molecule is Cc1cccc(OCCn2nnc(C#N)c2-c2cccc(C)c2)c1. The zero-order valence-electron chi connectivity index (χ0n) is 13.7. The second kappa shape index (κ2) is 6.97. The van der Waals surface area contributed by atoms with Gasteiger partial charge in [0.15, 0.2) is 5.69 Å². The van der Waals surface area contributed by atoms with Crippen molar-refractivity contribution in [2.75, 3.05) is 6.61 Å². The molecule has 0 fully saturated rings. The van der Waals surface area contributed by atoms with Gasteiger partial charge in [-0.25, -0.2) is 4.68 Å². The quantitative estimate of drug-likeness (QED) is 0.722. The molecule has 0 radical (unpaired) electrons. The van der Waals surface area contributed by atoms with Crippen LogP contribution in [0, 0.1) is 25.2 Å². The van der Waals surface area contributed by atoms with E-state index in [-0.39, 0.29) is 0 Å². The van der Waals surface area contributed by atoms with Crippen LogP contribution in [-0.4, -0.2) is 21.6 Å². The van der Waals surface area contributed by atoms with E-state index in [0.29, 0.717) is 18.8 Å². The second-order valence-electron chi connectivity index (χ2n) is 5.66. The Bertz CT molecular complexity index is 892. The highest BCUT2D eigenvalue weighted by molar-refractivity contribution is 5.65. The van der Waals surface area contributed by atoms with Crippen molar-refractivity contribution >= 4 is 0 Å². The van der Waals surface area contributed by atoms with Gasteiger partial charge in [-0.15, -0.1) is 5.10 Å². The number of ether oxygens (including phenoxy) is 1. The average Bonchev–Trinajstić information content (AvgIpc) is 2.98. The number of aryl methyl sites for hydroxylation is 2. The molecule has 3 aromatic rings. The minimum absolute atomic E-state index is 0.330. The van der Waals surface area contributed by atoms with Crippen LogP contribution < -0.4 is 4.74 Å². The molecule has 0 aliphatic rings. The Kier molecular flexibility index (Phi) is 4.57. The summed E-state index contributed by atoms with van der Waals surface area (Å²) in [6.07, 6.45) is 0. The first-order valence-corrected chi connectivity index (χ1v) is 7.77. The average molecular weight is 318 g/mol. The minimum Gasteiger partial charge on any atom is -0.492 e. The van der Waals surface area contributed by atoms with Gasteiger partial charge in [-0.3, -0.25) is 0 Å². The molecule has 0 amide bonds. The van der Waals surface area contributed by atoms with E-state index in [0.717, 1.165) is 28.1 Å². The summed E-state index contributed by atoms with van der Waals surface area (Å²) in [7, 11) is 0. The predicted molar refractivity (Wildman–Crippen MR) is 91.6 cm³/mol. The van der Waals surface area contributed by atoms with Crippen LogP contribution >= 0.6 is 0 Å². The summed E-state index contributed by atoms with van der Waals surface area (Å²) in [5.74, 6) is 0.827. The highest BCUT2D eigenvalue weighted by atomic mass is 16.5. The van der Waals surface area contributed by atoms with Gasteiger partial charge >= 0.3 is 0 Å². The highest BCUT2D eigenvalue weighted by Crippen LogP contribution is 2.23. The standard InChI is InChI=1S/C19H18N4O/c1-14-5-3-7-16(11-14)19-18(13-20)21-22-23(19)9-10-24-17-8-4-6-15(2)12-17/h3-8,11-12H,9-10H2,1-2H3. The fourth-order valence-electron chi connectivity index (χ4n) is 2.58. The van der Waals surface area contributed by atoms with Crippen LogP contribution in [0.1, 0.15) is 16.8 Å². The first kappa shape index (κ1) is 15.8. The van der Waals surface area contributed by atoms with Crippen LogP contribution in [0.5, 0.6) is 5.75 Å². The highest BCUT2D eigenvalue weighted by Gasteiger charge is 2.14. The summed E-state index contributed by atoms with van der Waals surface area (Å²) in [6.45, 7) is 5.02. The van der Waals surface area contributed by atoms with Crippen molar-refractivity contribution in [1.29, 1.82) is 5.26 Å². The Morgan fingerprint density at radius 2 is 1.83 bits per heavy atom. The molecule has 0 unspecified atom stereocenters. The van der Waals surface area contributed by atoms with Crippen LogP contribution in [0.2, 0.25) is 0 Å². The maximum Gasteiger partial charge on any atom is 0.190 e. The van der Waals surface area contributed by atoms with Crippen LogP contribution in [0.15, 0.2) is 48.5 Å². The maximum atomic E-state index is 9.30. The lowest BCUT2D eigenvalue weighted by molar-refractivity contribution is 0.290. The summed E-state index contributed by atoms with van der Waals surface area (Å²) >= 11 is 0. The molecule has 2 aromatic carbocycles. The van der Waals surface area contributed by atoms with E-state index >= 15 is 0 Å². The molecule has 0 saturated carbocycles. The Hall–Kier alpha value is -3.13. The van der Waals surface area contributed by atoms with Crippen molar-refractivity contribution in [3.05, 3.63) is 65.4 Å². The number of hydrogen-bond acceptors (Lipinski definition) is 4. The summed E-state index contributed by atoms with van der Waals surface area (Å²) in [5, 5.41) is 17.4. The fraction of sp³-hybridized carbons (Fsp3) is 0.211. The van der Waals surface area contributed by atoms with Gasteiger partial charge in [-0.05, 0) is 37.6 Å². The largest absolute Gasteiger partial charge is 0.492 e. The Balaban J connectivity index is 1.79. The lowest BCUT2D eigenvalue weighted by Crippen LogP contribution is -2.11. The topological polar surface area (TPSA) is 63.7 Å². The van der Waals surface area contributed by atoms with Crippen LogP contribution in [0.3, 0.4) is 0 Å². The van der Waals surface area contributed by atoms with Gasteiger partial charge in [-0.1, -0.05) is 41.1 Å². The molecule has 0 aliphatic heterocycles. The first-order valence-electron chi connectivity index (χ1n) is 7.77. The van der Waals surface area contributed by atoms with Crippen LogP contribution in [0.4, 0.5) is 0 Å². The van der Waals surface area contributed by atoms with Gasteiger partial charge in [-0.2, -0.15) is 5.26 Å². The van der Waals surface area contributed by atoms with E-state index in [1.807, 2.05) is 62.4 Å². The van der Waals surface area contributed by atoms with E-state index in [1.165, 1.54) is 0 Å². The lowest BCUT2D eigenvalue weighted by atomic mass is 10.1. The van der Waals surface area contributed by atoms with Crippen molar-refractivity contribution in [1.82, 2.24) is 15.0 Å². The molecule has 0 aliphatic carbocycles. The normalized spacial score (nSPS) is 10.4. The molecule has 0 saturated heterocycles. The maximum absolute atomic E-state index is 9.30. The molecule has 3 rings (SSSR count). The molecular formula is C19H18N4O. The summed E-state index contributed by atoms with van der Waals surface area (Å²) in [5.41, 5.74) is 4.28. The van der Waals surface area contributed by atoms with Crippen molar-refractivity contribution in [3.8, 4) is 23.1 Å². The van der Waals surface area contributed by atoms with E-state index in [9.17, 15) is 5.26 Å². The zero-order valence-corrected chi connectivity index (χ0v) is 13.7. The van der Waals surface area contributed by atoms with Crippen molar-refractivity contribution in [2.45, 2.75) is 20.4 Å². The van der Waals surface area contributed by atoms with E-state index in [1.54, 1.807) is 4.68 Å². The Morgan fingerprint density at radius 1 is 1.08 bits per heavy atom. The van der Waals surface area contributed by atoms with Gasteiger partial charge in [0.1, 0.15) is 24.1 Å². The van der Waals surface area contributed by atoms with Gasteiger partial charge in [0.05, 0.1) is 6.54 Å². The van der Waals surface area contributed by atoms with Crippen LogP contribution in [-0.2, 0) is 6.54 Å². The molecule has 120 valence electrons. The molecule has 1 aromatic heterocycles. The van der Waals surface area contributed by atoms with Gasteiger partial charge < -0.3 is 4.74 Å².